The van der Waals surface area contributed by atoms with Gasteiger partial charge in [-0.05, 0) is 40.5 Å². The van der Waals surface area contributed by atoms with Crippen LogP contribution in [0.5, 0.6) is 0 Å². The highest BCUT2D eigenvalue weighted by Crippen LogP contribution is 2.19. The number of nitrogens with one attached hydrogen (secondary N) is 1. The van der Waals surface area contributed by atoms with Gasteiger partial charge in [-0.1, -0.05) is 103 Å². The second-order valence-electron chi connectivity index (χ2n) is 10.2. The standard InChI is InChI=1S/C33H33ClFN3O4S/c1-43(41,42)37(22-26-12-6-3-7-13-26)24-32(39)38(23-27-16-18-29(35)19-17-27)31(20-25-10-4-2-5-11-25)33(40)36-21-28-14-8-9-15-30(28)34/h2-19,31H,20-24H2,1H3,(H,36,40)/t31-/m1/s1. The first-order valence-corrected chi connectivity index (χ1v) is 15.9. The first-order chi connectivity index (χ1) is 20.6. The number of amides is 2. The molecule has 0 aliphatic carbocycles. The average Bonchev–Trinajstić information content (AvgIpc) is 2.99. The number of nitrogens with zero attached hydrogens (tertiary/aromatic N) is 2. The SMILES string of the molecule is CS(=O)(=O)N(CC(=O)N(Cc1ccc(F)cc1)[C@H](Cc1ccccc1)C(=O)NCc1ccccc1Cl)Cc1ccccc1. The Bertz CT molecular complexity index is 1620. The minimum Gasteiger partial charge on any atom is -0.350 e. The van der Waals surface area contributed by atoms with Crippen molar-refractivity contribution in [1.82, 2.24) is 14.5 Å². The van der Waals surface area contributed by atoms with Gasteiger partial charge in [0.05, 0.1) is 12.8 Å². The van der Waals surface area contributed by atoms with Crippen LogP contribution in [0.25, 0.3) is 0 Å². The maximum absolute atomic E-state index is 14.1. The quantitative estimate of drug-likeness (QED) is 0.222. The molecule has 0 fully saturated rings. The van der Waals surface area contributed by atoms with Crippen molar-refractivity contribution in [3.05, 3.63) is 142 Å². The summed E-state index contributed by atoms with van der Waals surface area (Å²) in [4.78, 5) is 29.3. The molecule has 0 aliphatic rings. The fourth-order valence-corrected chi connectivity index (χ4v) is 5.53. The predicted molar refractivity (Wildman–Crippen MR) is 166 cm³/mol. The van der Waals surface area contributed by atoms with Gasteiger partial charge in [0.2, 0.25) is 21.8 Å². The van der Waals surface area contributed by atoms with Crippen molar-refractivity contribution in [1.29, 1.82) is 0 Å². The summed E-state index contributed by atoms with van der Waals surface area (Å²) >= 11 is 6.31. The van der Waals surface area contributed by atoms with Gasteiger partial charge < -0.3 is 10.2 Å². The van der Waals surface area contributed by atoms with Crippen LogP contribution in [0, 0.1) is 5.82 Å². The largest absolute Gasteiger partial charge is 0.350 e. The summed E-state index contributed by atoms with van der Waals surface area (Å²) < 4.78 is 40.4. The lowest BCUT2D eigenvalue weighted by Gasteiger charge is -2.33. The molecule has 4 aromatic rings. The molecule has 0 aliphatic heterocycles. The Morgan fingerprint density at radius 2 is 1.35 bits per heavy atom. The predicted octanol–water partition coefficient (Wildman–Crippen LogP) is 5.20. The Morgan fingerprint density at radius 3 is 1.95 bits per heavy atom. The van der Waals surface area contributed by atoms with E-state index in [4.69, 9.17) is 11.6 Å². The normalized spacial score (nSPS) is 12.1. The smallest absolute Gasteiger partial charge is 0.243 e. The van der Waals surface area contributed by atoms with Crippen LogP contribution in [-0.2, 0) is 45.7 Å². The van der Waals surface area contributed by atoms with Gasteiger partial charge in [-0.25, -0.2) is 12.8 Å². The first kappa shape index (κ1) is 31.9. The molecule has 0 saturated carbocycles. The summed E-state index contributed by atoms with van der Waals surface area (Å²) in [6, 6.07) is 29.9. The highest BCUT2D eigenvalue weighted by molar-refractivity contribution is 7.88. The van der Waals surface area contributed by atoms with E-state index in [0.717, 1.165) is 16.1 Å². The van der Waals surface area contributed by atoms with Gasteiger partial charge in [-0.15, -0.1) is 0 Å². The first-order valence-electron chi connectivity index (χ1n) is 13.7. The monoisotopic (exact) mass is 621 g/mol. The van der Waals surface area contributed by atoms with Gasteiger partial charge in [0, 0.05) is 31.1 Å². The van der Waals surface area contributed by atoms with Gasteiger partial charge in [0.1, 0.15) is 11.9 Å². The molecule has 0 saturated heterocycles. The summed E-state index contributed by atoms with van der Waals surface area (Å²) in [6.07, 6.45) is 1.21. The van der Waals surface area contributed by atoms with E-state index in [1.54, 1.807) is 42.5 Å². The van der Waals surface area contributed by atoms with Gasteiger partial charge in [0.15, 0.2) is 0 Å². The van der Waals surface area contributed by atoms with Crippen LogP contribution >= 0.6 is 11.6 Å². The number of hydrogen-bond donors (Lipinski definition) is 1. The molecule has 1 atom stereocenters. The summed E-state index contributed by atoms with van der Waals surface area (Å²) in [5.41, 5.74) is 2.81. The molecule has 2 amide bonds. The number of carbonyl (C=O) groups is 2. The Balaban J connectivity index is 1.68. The Kier molecular flexibility index (Phi) is 11.1. The van der Waals surface area contributed by atoms with Crippen molar-refractivity contribution in [2.45, 2.75) is 32.1 Å². The Hall–Kier alpha value is -4.05. The maximum Gasteiger partial charge on any atom is 0.243 e. The van der Waals surface area contributed by atoms with Crippen LogP contribution in [0.4, 0.5) is 4.39 Å². The van der Waals surface area contributed by atoms with E-state index in [0.29, 0.717) is 21.7 Å². The van der Waals surface area contributed by atoms with Crippen LogP contribution in [-0.4, -0.2) is 48.3 Å². The third-order valence-electron chi connectivity index (χ3n) is 6.93. The molecule has 0 spiro atoms. The number of halogens is 2. The number of hydrogen-bond acceptors (Lipinski definition) is 4. The van der Waals surface area contributed by atoms with Crippen molar-refractivity contribution < 1.29 is 22.4 Å². The van der Waals surface area contributed by atoms with Crippen molar-refractivity contribution in [3.63, 3.8) is 0 Å². The number of carbonyl (C=O) groups excluding carboxylic acids is 2. The molecular weight excluding hydrogens is 589 g/mol. The zero-order chi connectivity index (χ0) is 30.8. The summed E-state index contributed by atoms with van der Waals surface area (Å²) in [6.45, 7) is -0.416. The molecule has 0 unspecified atom stereocenters. The zero-order valence-electron chi connectivity index (χ0n) is 23.7. The van der Waals surface area contributed by atoms with Crippen molar-refractivity contribution in [2.75, 3.05) is 12.8 Å². The van der Waals surface area contributed by atoms with E-state index < -0.39 is 40.2 Å². The van der Waals surface area contributed by atoms with Crippen LogP contribution in [0.3, 0.4) is 0 Å². The molecule has 0 radical (unpaired) electrons. The third kappa shape index (κ3) is 9.47. The number of benzene rings is 4. The molecular formula is C33H33ClFN3O4S. The fraction of sp³-hybridized carbons (Fsp3) is 0.212. The van der Waals surface area contributed by atoms with E-state index in [1.165, 1.54) is 29.2 Å². The highest BCUT2D eigenvalue weighted by atomic mass is 35.5. The molecule has 7 nitrogen and oxygen atoms in total. The van der Waals surface area contributed by atoms with Crippen LogP contribution in [0.1, 0.15) is 22.3 Å². The van der Waals surface area contributed by atoms with Gasteiger partial charge >= 0.3 is 0 Å². The summed E-state index contributed by atoms with van der Waals surface area (Å²) in [5.74, 6) is -1.45. The van der Waals surface area contributed by atoms with Crippen LogP contribution in [0.2, 0.25) is 5.02 Å². The number of rotatable bonds is 13. The lowest BCUT2D eigenvalue weighted by Crippen LogP contribution is -2.53. The van der Waals surface area contributed by atoms with E-state index in [1.807, 2.05) is 42.5 Å². The van der Waals surface area contributed by atoms with Gasteiger partial charge in [-0.2, -0.15) is 4.31 Å². The minimum absolute atomic E-state index is 0.0160. The molecule has 0 bridgehead atoms. The molecule has 4 rings (SSSR count). The Labute approximate surface area is 257 Å². The van der Waals surface area contributed by atoms with E-state index in [-0.39, 0.29) is 26.1 Å². The van der Waals surface area contributed by atoms with Crippen molar-refractivity contribution in [2.24, 2.45) is 0 Å². The highest BCUT2D eigenvalue weighted by Gasteiger charge is 2.33. The Morgan fingerprint density at radius 1 is 0.791 bits per heavy atom. The number of sulfonamides is 1. The minimum atomic E-state index is -3.80. The maximum atomic E-state index is 14.1. The molecule has 0 aromatic heterocycles. The van der Waals surface area contributed by atoms with E-state index >= 15 is 0 Å². The lowest BCUT2D eigenvalue weighted by molar-refractivity contribution is -0.141. The average molecular weight is 622 g/mol. The molecule has 1 N–H and O–H groups in total. The summed E-state index contributed by atoms with van der Waals surface area (Å²) in [7, 11) is -3.80. The molecule has 224 valence electrons. The summed E-state index contributed by atoms with van der Waals surface area (Å²) in [5, 5.41) is 3.40. The van der Waals surface area contributed by atoms with Gasteiger partial charge in [0.25, 0.3) is 0 Å². The third-order valence-corrected chi connectivity index (χ3v) is 8.50. The van der Waals surface area contributed by atoms with Crippen molar-refractivity contribution >= 4 is 33.4 Å². The molecule has 43 heavy (non-hydrogen) atoms. The fourth-order valence-electron chi connectivity index (χ4n) is 4.60. The molecule has 4 aromatic carbocycles. The van der Waals surface area contributed by atoms with E-state index in [2.05, 4.69) is 5.32 Å². The zero-order valence-corrected chi connectivity index (χ0v) is 25.3. The van der Waals surface area contributed by atoms with Gasteiger partial charge in [-0.3, -0.25) is 9.59 Å². The topological polar surface area (TPSA) is 86.8 Å². The second kappa shape index (κ2) is 14.9. The second-order valence-corrected chi connectivity index (χ2v) is 12.6. The molecule has 10 heteroatoms. The van der Waals surface area contributed by atoms with Crippen LogP contribution in [0.15, 0.2) is 109 Å². The van der Waals surface area contributed by atoms with Crippen molar-refractivity contribution in [3.8, 4) is 0 Å². The lowest BCUT2D eigenvalue weighted by atomic mass is 10.0. The van der Waals surface area contributed by atoms with Crippen LogP contribution < -0.4 is 5.32 Å². The van der Waals surface area contributed by atoms with E-state index in [9.17, 15) is 22.4 Å². The molecule has 0 heterocycles.